The Morgan fingerprint density at radius 3 is 2.38 bits per heavy atom. The van der Waals surface area contributed by atoms with Gasteiger partial charge in [-0.25, -0.2) is 4.79 Å². The maximum atomic E-state index is 12.3. The van der Waals surface area contributed by atoms with Gasteiger partial charge in [-0.05, 0) is 25.0 Å². The molecule has 0 spiro atoms. The Labute approximate surface area is 142 Å². The highest BCUT2D eigenvalue weighted by molar-refractivity contribution is 6.04. The third kappa shape index (κ3) is 2.75. The van der Waals surface area contributed by atoms with Crippen molar-refractivity contribution in [1.82, 2.24) is 14.7 Å². The normalized spacial score (nSPS) is 24.8. The van der Waals surface area contributed by atoms with Gasteiger partial charge in [0.25, 0.3) is 5.91 Å². The first-order chi connectivity index (χ1) is 11.7. The van der Waals surface area contributed by atoms with E-state index in [2.05, 4.69) is 34.1 Å². The van der Waals surface area contributed by atoms with Crippen molar-refractivity contribution in [2.45, 2.75) is 18.9 Å². The fourth-order valence-corrected chi connectivity index (χ4v) is 4.00. The predicted molar refractivity (Wildman–Crippen MR) is 91.9 cm³/mol. The van der Waals surface area contributed by atoms with E-state index in [0.717, 1.165) is 52.1 Å². The molecule has 3 aliphatic rings. The van der Waals surface area contributed by atoms with Gasteiger partial charge in [-0.3, -0.25) is 14.6 Å². The zero-order valence-electron chi connectivity index (χ0n) is 13.9. The summed E-state index contributed by atoms with van der Waals surface area (Å²) in [5.74, 6) is 0.0143. The second-order valence-corrected chi connectivity index (χ2v) is 6.79. The molecule has 0 unspecified atom stereocenters. The molecule has 1 atom stereocenters. The fourth-order valence-electron chi connectivity index (χ4n) is 4.00. The zero-order chi connectivity index (χ0) is 16.5. The number of fused-ring (bicyclic) bond motifs is 1. The van der Waals surface area contributed by atoms with Crippen molar-refractivity contribution in [2.75, 3.05) is 50.7 Å². The van der Waals surface area contributed by atoms with Gasteiger partial charge >= 0.3 is 6.03 Å². The van der Waals surface area contributed by atoms with Gasteiger partial charge in [0.1, 0.15) is 6.04 Å². The largest absolute Gasteiger partial charge is 0.369 e. The third-order valence-corrected chi connectivity index (χ3v) is 5.41. The van der Waals surface area contributed by atoms with E-state index in [1.165, 1.54) is 10.6 Å². The van der Waals surface area contributed by atoms with Gasteiger partial charge < -0.3 is 9.80 Å². The highest BCUT2D eigenvalue weighted by Gasteiger charge is 2.47. The summed E-state index contributed by atoms with van der Waals surface area (Å²) in [4.78, 5) is 32.6. The van der Waals surface area contributed by atoms with Crippen LogP contribution in [0.25, 0.3) is 0 Å². The van der Waals surface area contributed by atoms with Crippen LogP contribution in [0, 0.1) is 0 Å². The van der Waals surface area contributed by atoms with Gasteiger partial charge in [0.2, 0.25) is 0 Å². The van der Waals surface area contributed by atoms with E-state index in [-0.39, 0.29) is 18.0 Å². The summed E-state index contributed by atoms with van der Waals surface area (Å²) in [6.07, 6.45) is 1.79. The van der Waals surface area contributed by atoms with E-state index in [4.69, 9.17) is 0 Å². The Balaban J connectivity index is 1.28. The van der Waals surface area contributed by atoms with Crippen LogP contribution in [0.2, 0.25) is 0 Å². The summed E-state index contributed by atoms with van der Waals surface area (Å²) in [5, 5.41) is 0. The number of anilines is 1. The molecule has 0 N–H and O–H groups in total. The average Bonchev–Trinajstić information content (AvgIpc) is 3.19. The number of urea groups is 1. The fraction of sp³-hybridized carbons (Fsp3) is 0.556. The highest BCUT2D eigenvalue weighted by Crippen LogP contribution is 2.27. The smallest absolute Gasteiger partial charge is 0.327 e. The van der Waals surface area contributed by atoms with Crippen molar-refractivity contribution in [3.63, 3.8) is 0 Å². The van der Waals surface area contributed by atoms with Crippen LogP contribution in [0.4, 0.5) is 10.5 Å². The van der Waals surface area contributed by atoms with Gasteiger partial charge in [0.05, 0.1) is 0 Å². The van der Waals surface area contributed by atoms with Crippen molar-refractivity contribution in [3.05, 3.63) is 30.3 Å². The summed E-state index contributed by atoms with van der Waals surface area (Å²) in [6, 6.07) is 10.2. The van der Waals surface area contributed by atoms with Crippen LogP contribution in [-0.2, 0) is 4.79 Å². The van der Waals surface area contributed by atoms with Gasteiger partial charge in [-0.15, -0.1) is 0 Å². The van der Waals surface area contributed by atoms with Gasteiger partial charge in [-0.1, -0.05) is 18.2 Å². The molecule has 1 aromatic carbocycles. The Kier molecular flexibility index (Phi) is 4.14. The van der Waals surface area contributed by atoms with Crippen LogP contribution >= 0.6 is 0 Å². The minimum atomic E-state index is -0.174. The minimum absolute atomic E-state index is 0.0143. The number of hydrogen-bond acceptors (Lipinski definition) is 4. The van der Waals surface area contributed by atoms with Crippen molar-refractivity contribution in [2.24, 2.45) is 0 Å². The standard InChI is InChI=1S/C18H24N4O2/c23-17-16-7-4-8-21(16)18(24)22(17)14-11-19-9-12-20(13-10-19)15-5-2-1-3-6-15/h1-3,5-6,16H,4,7-14H2/t16-/m0/s1. The summed E-state index contributed by atoms with van der Waals surface area (Å²) < 4.78 is 0. The number of amides is 3. The van der Waals surface area contributed by atoms with E-state index >= 15 is 0 Å². The van der Waals surface area contributed by atoms with Crippen molar-refractivity contribution < 1.29 is 9.59 Å². The molecule has 0 bridgehead atoms. The molecule has 3 saturated heterocycles. The van der Waals surface area contributed by atoms with Gasteiger partial charge in [-0.2, -0.15) is 0 Å². The summed E-state index contributed by atoms with van der Waals surface area (Å²) in [7, 11) is 0. The quantitative estimate of drug-likeness (QED) is 0.780. The first-order valence-corrected chi connectivity index (χ1v) is 8.88. The number of piperazine rings is 1. The number of benzene rings is 1. The first kappa shape index (κ1) is 15.4. The zero-order valence-corrected chi connectivity index (χ0v) is 13.9. The van der Waals surface area contributed by atoms with Crippen molar-refractivity contribution in [1.29, 1.82) is 0 Å². The molecule has 4 rings (SSSR count). The molecule has 3 heterocycles. The highest BCUT2D eigenvalue weighted by atomic mass is 16.2. The van der Waals surface area contributed by atoms with Gasteiger partial charge in [0, 0.05) is 51.5 Å². The van der Waals surface area contributed by atoms with Crippen LogP contribution in [0.5, 0.6) is 0 Å². The van der Waals surface area contributed by atoms with E-state index in [1.807, 2.05) is 6.07 Å². The lowest BCUT2D eigenvalue weighted by Gasteiger charge is -2.36. The second-order valence-electron chi connectivity index (χ2n) is 6.79. The lowest BCUT2D eigenvalue weighted by Crippen LogP contribution is -2.49. The molecule has 3 fully saturated rings. The molecule has 6 heteroatoms. The molecule has 128 valence electrons. The number of rotatable bonds is 4. The SMILES string of the molecule is O=C1[C@@H]2CCCN2C(=O)N1CCN1CCN(c2ccccc2)CC1. The lowest BCUT2D eigenvalue weighted by atomic mass is 10.2. The van der Waals surface area contributed by atoms with Crippen LogP contribution in [0.1, 0.15) is 12.8 Å². The number of para-hydroxylation sites is 1. The summed E-state index contributed by atoms with van der Waals surface area (Å²) in [6.45, 7) is 5.95. The lowest BCUT2D eigenvalue weighted by molar-refractivity contribution is -0.128. The Morgan fingerprint density at radius 2 is 1.67 bits per heavy atom. The van der Waals surface area contributed by atoms with E-state index in [1.54, 1.807) is 4.90 Å². The molecule has 3 aliphatic heterocycles. The van der Waals surface area contributed by atoms with E-state index < -0.39 is 0 Å². The molecular weight excluding hydrogens is 304 g/mol. The average molecular weight is 328 g/mol. The molecule has 24 heavy (non-hydrogen) atoms. The first-order valence-electron chi connectivity index (χ1n) is 8.88. The molecule has 3 amide bonds. The Hall–Kier alpha value is -2.08. The molecule has 6 nitrogen and oxygen atoms in total. The molecule has 0 aliphatic carbocycles. The maximum Gasteiger partial charge on any atom is 0.327 e. The molecule has 0 saturated carbocycles. The number of carbonyl (C=O) groups excluding carboxylic acids is 2. The number of nitrogens with zero attached hydrogens (tertiary/aromatic N) is 4. The summed E-state index contributed by atoms with van der Waals surface area (Å²) in [5.41, 5.74) is 1.27. The van der Waals surface area contributed by atoms with Crippen molar-refractivity contribution in [3.8, 4) is 0 Å². The summed E-state index contributed by atoms with van der Waals surface area (Å²) >= 11 is 0. The topological polar surface area (TPSA) is 47.1 Å². The third-order valence-electron chi connectivity index (χ3n) is 5.41. The molecule has 1 aromatic rings. The monoisotopic (exact) mass is 328 g/mol. The van der Waals surface area contributed by atoms with E-state index in [9.17, 15) is 9.59 Å². The molecule has 0 aromatic heterocycles. The Morgan fingerprint density at radius 1 is 0.917 bits per heavy atom. The minimum Gasteiger partial charge on any atom is -0.369 e. The van der Waals surface area contributed by atoms with Crippen molar-refractivity contribution >= 4 is 17.6 Å². The molecular formula is C18H24N4O2. The number of imide groups is 1. The van der Waals surface area contributed by atoms with Crippen LogP contribution < -0.4 is 4.90 Å². The number of carbonyl (C=O) groups is 2. The number of hydrogen-bond donors (Lipinski definition) is 0. The van der Waals surface area contributed by atoms with Gasteiger partial charge in [0.15, 0.2) is 0 Å². The van der Waals surface area contributed by atoms with Crippen LogP contribution in [-0.4, -0.2) is 78.5 Å². The maximum absolute atomic E-state index is 12.3. The Bertz CT molecular complexity index is 591. The van der Waals surface area contributed by atoms with E-state index in [0.29, 0.717) is 6.54 Å². The molecule has 0 radical (unpaired) electrons. The predicted octanol–water partition coefficient (Wildman–Crippen LogP) is 1.24. The second kappa shape index (κ2) is 6.43. The van der Waals surface area contributed by atoms with Crippen LogP contribution in [0.15, 0.2) is 30.3 Å². The van der Waals surface area contributed by atoms with Crippen LogP contribution in [0.3, 0.4) is 0 Å².